The first kappa shape index (κ1) is 9.34. The number of likely N-dealkylation sites (tertiary alicyclic amines) is 1. The van der Waals surface area contributed by atoms with Crippen molar-refractivity contribution >= 4 is 0 Å². The molecule has 2 heteroatoms. The largest absolute Gasteiger partial charge is 0.293 e. The molecule has 0 N–H and O–H groups in total. The molecule has 2 aliphatic rings. The maximum absolute atomic E-state index is 4.11. The number of pyridine rings is 1. The Kier molecular flexibility index (Phi) is 2.45. The van der Waals surface area contributed by atoms with E-state index in [4.69, 9.17) is 0 Å². The number of rotatable bonds is 2. The van der Waals surface area contributed by atoms with Crippen LogP contribution in [0, 0.1) is 0 Å². The maximum Gasteiger partial charge on any atom is 0.0352 e. The number of piperidine rings is 1. The zero-order valence-electron chi connectivity index (χ0n) is 9.10. The fraction of sp³-hybridized carbons (Fsp3) is 0.615. The van der Waals surface area contributed by atoms with E-state index in [-0.39, 0.29) is 0 Å². The summed E-state index contributed by atoms with van der Waals surface area (Å²) in [7, 11) is 0. The van der Waals surface area contributed by atoms with Gasteiger partial charge < -0.3 is 0 Å². The van der Waals surface area contributed by atoms with Gasteiger partial charge in [0.1, 0.15) is 0 Å². The SMILES string of the molecule is c1cc(C2CCCCN2C2CC2)ccn1. The highest BCUT2D eigenvalue weighted by Crippen LogP contribution is 2.39. The van der Waals surface area contributed by atoms with Crippen LogP contribution < -0.4 is 0 Å². The van der Waals surface area contributed by atoms with Crippen molar-refractivity contribution in [3.05, 3.63) is 30.1 Å². The summed E-state index contributed by atoms with van der Waals surface area (Å²) < 4.78 is 0. The van der Waals surface area contributed by atoms with Gasteiger partial charge in [0.2, 0.25) is 0 Å². The van der Waals surface area contributed by atoms with Gasteiger partial charge in [0, 0.05) is 24.5 Å². The van der Waals surface area contributed by atoms with Crippen molar-refractivity contribution in [2.45, 2.75) is 44.2 Å². The molecule has 15 heavy (non-hydrogen) atoms. The van der Waals surface area contributed by atoms with Crippen LogP contribution in [0.1, 0.15) is 43.7 Å². The van der Waals surface area contributed by atoms with Gasteiger partial charge in [-0.15, -0.1) is 0 Å². The number of aromatic nitrogens is 1. The Hall–Kier alpha value is -0.890. The summed E-state index contributed by atoms with van der Waals surface area (Å²) in [6.07, 6.45) is 10.8. The second-order valence-electron chi connectivity index (χ2n) is 4.76. The van der Waals surface area contributed by atoms with Gasteiger partial charge in [-0.25, -0.2) is 0 Å². The molecule has 2 fully saturated rings. The van der Waals surface area contributed by atoms with Crippen LogP contribution in [0.4, 0.5) is 0 Å². The first-order chi connectivity index (χ1) is 7.45. The molecule has 0 bridgehead atoms. The predicted molar refractivity (Wildman–Crippen MR) is 60.6 cm³/mol. The molecule has 1 aliphatic carbocycles. The zero-order valence-corrected chi connectivity index (χ0v) is 9.10. The third kappa shape index (κ3) is 1.91. The summed E-state index contributed by atoms with van der Waals surface area (Å²) in [5, 5.41) is 0. The normalized spacial score (nSPS) is 27.9. The molecule has 1 unspecified atom stereocenters. The van der Waals surface area contributed by atoms with Crippen molar-refractivity contribution in [3.8, 4) is 0 Å². The van der Waals surface area contributed by atoms with E-state index < -0.39 is 0 Å². The minimum absolute atomic E-state index is 0.675. The fourth-order valence-electron chi connectivity index (χ4n) is 2.74. The molecule has 1 aliphatic heterocycles. The average molecular weight is 202 g/mol. The zero-order chi connectivity index (χ0) is 10.1. The van der Waals surface area contributed by atoms with Gasteiger partial charge in [-0.2, -0.15) is 0 Å². The summed E-state index contributed by atoms with van der Waals surface area (Å²) >= 11 is 0. The molecule has 2 nitrogen and oxygen atoms in total. The molecule has 1 aromatic heterocycles. The fourth-order valence-corrected chi connectivity index (χ4v) is 2.74. The third-order valence-corrected chi connectivity index (χ3v) is 3.65. The van der Waals surface area contributed by atoms with Crippen LogP contribution in [0.2, 0.25) is 0 Å². The third-order valence-electron chi connectivity index (χ3n) is 3.65. The Labute approximate surface area is 91.3 Å². The first-order valence-corrected chi connectivity index (χ1v) is 6.11. The quantitative estimate of drug-likeness (QED) is 0.733. The summed E-state index contributed by atoms with van der Waals surface area (Å²) in [5.41, 5.74) is 1.47. The molecule has 1 atom stereocenters. The maximum atomic E-state index is 4.11. The van der Waals surface area contributed by atoms with E-state index in [1.807, 2.05) is 12.4 Å². The Balaban J connectivity index is 1.82. The first-order valence-electron chi connectivity index (χ1n) is 6.11. The smallest absolute Gasteiger partial charge is 0.0352 e. The van der Waals surface area contributed by atoms with E-state index in [9.17, 15) is 0 Å². The van der Waals surface area contributed by atoms with E-state index in [1.54, 1.807) is 0 Å². The van der Waals surface area contributed by atoms with Crippen LogP contribution in [0.15, 0.2) is 24.5 Å². The highest BCUT2D eigenvalue weighted by Gasteiger charge is 2.35. The second-order valence-corrected chi connectivity index (χ2v) is 4.76. The Bertz CT molecular complexity index is 319. The highest BCUT2D eigenvalue weighted by atomic mass is 15.2. The molecular formula is C13H18N2. The summed E-state index contributed by atoms with van der Waals surface area (Å²) in [6.45, 7) is 1.30. The molecule has 1 aromatic rings. The molecule has 0 aromatic carbocycles. The molecule has 80 valence electrons. The van der Waals surface area contributed by atoms with Gasteiger partial charge in [-0.05, 0) is 49.9 Å². The topological polar surface area (TPSA) is 16.1 Å². The minimum atomic E-state index is 0.675. The lowest BCUT2D eigenvalue weighted by atomic mass is 9.96. The number of nitrogens with zero attached hydrogens (tertiary/aromatic N) is 2. The highest BCUT2D eigenvalue weighted by molar-refractivity contribution is 5.16. The van der Waals surface area contributed by atoms with E-state index in [0.29, 0.717) is 6.04 Å². The Morgan fingerprint density at radius 2 is 1.87 bits per heavy atom. The van der Waals surface area contributed by atoms with Crippen molar-refractivity contribution in [1.82, 2.24) is 9.88 Å². The van der Waals surface area contributed by atoms with Crippen LogP contribution in [0.25, 0.3) is 0 Å². The Morgan fingerprint density at radius 1 is 1.07 bits per heavy atom. The van der Waals surface area contributed by atoms with E-state index in [2.05, 4.69) is 22.0 Å². The lowest BCUT2D eigenvalue weighted by Crippen LogP contribution is -2.35. The van der Waals surface area contributed by atoms with Crippen LogP contribution in [-0.4, -0.2) is 22.5 Å². The van der Waals surface area contributed by atoms with E-state index in [0.717, 1.165) is 6.04 Å². The van der Waals surface area contributed by atoms with Crippen LogP contribution in [0.3, 0.4) is 0 Å². The van der Waals surface area contributed by atoms with Crippen LogP contribution in [0.5, 0.6) is 0 Å². The van der Waals surface area contributed by atoms with Crippen molar-refractivity contribution in [2.24, 2.45) is 0 Å². The van der Waals surface area contributed by atoms with Gasteiger partial charge >= 0.3 is 0 Å². The lowest BCUT2D eigenvalue weighted by molar-refractivity contribution is 0.139. The van der Waals surface area contributed by atoms with Crippen molar-refractivity contribution in [1.29, 1.82) is 0 Å². The predicted octanol–water partition coefficient (Wildman–Crippen LogP) is 2.77. The lowest BCUT2D eigenvalue weighted by Gasteiger charge is -2.36. The van der Waals surface area contributed by atoms with Gasteiger partial charge in [0.25, 0.3) is 0 Å². The standard InChI is InChI=1S/C13H18N2/c1-2-10-15(12-4-5-12)13(3-1)11-6-8-14-9-7-11/h6-9,12-13H,1-5,10H2. The van der Waals surface area contributed by atoms with E-state index in [1.165, 1.54) is 44.2 Å². The van der Waals surface area contributed by atoms with Gasteiger partial charge in [-0.3, -0.25) is 9.88 Å². The van der Waals surface area contributed by atoms with Crippen molar-refractivity contribution in [2.75, 3.05) is 6.54 Å². The summed E-state index contributed by atoms with van der Waals surface area (Å²) in [6, 6.07) is 5.94. The molecule has 0 radical (unpaired) electrons. The monoisotopic (exact) mass is 202 g/mol. The molecule has 0 spiro atoms. The second kappa shape index (κ2) is 3.93. The average Bonchev–Trinajstić information content (AvgIpc) is 3.14. The summed E-state index contributed by atoms with van der Waals surface area (Å²) in [4.78, 5) is 6.83. The van der Waals surface area contributed by atoms with Crippen molar-refractivity contribution < 1.29 is 0 Å². The van der Waals surface area contributed by atoms with Gasteiger partial charge in [-0.1, -0.05) is 6.42 Å². The molecule has 1 saturated heterocycles. The van der Waals surface area contributed by atoms with Gasteiger partial charge in [0.05, 0.1) is 0 Å². The molecule has 2 heterocycles. The number of hydrogen-bond acceptors (Lipinski definition) is 2. The molecule has 1 saturated carbocycles. The molecule has 3 rings (SSSR count). The van der Waals surface area contributed by atoms with Crippen LogP contribution >= 0.6 is 0 Å². The van der Waals surface area contributed by atoms with Crippen molar-refractivity contribution in [3.63, 3.8) is 0 Å². The Morgan fingerprint density at radius 3 is 2.60 bits per heavy atom. The minimum Gasteiger partial charge on any atom is -0.293 e. The van der Waals surface area contributed by atoms with Crippen LogP contribution in [-0.2, 0) is 0 Å². The number of hydrogen-bond donors (Lipinski definition) is 0. The van der Waals surface area contributed by atoms with Gasteiger partial charge in [0.15, 0.2) is 0 Å². The summed E-state index contributed by atoms with van der Waals surface area (Å²) in [5.74, 6) is 0. The molecular weight excluding hydrogens is 184 g/mol. The molecule has 0 amide bonds. The van der Waals surface area contributed by atoms with E-state index >= 15 is 0 Å².